The van der Waals surface area contributed by atoms with Gasteiger partial charge < -0.3 is 84.2 Å². The molecule has 57 heavy (non-hydrogen) atoms. The van der Waals surface area contributed by atoms with Crippen molar-refractivity contribution >= 4 is 0 Å². The van der Waals surface area contributed by atoms with E-state index in [0.717, 1.165) is 19.3 Å². The Morgan fingerprint density at radius 3 is 1.96 bits per heavy atom. The molecule has 0 amide bonds. The molecule has 23 atom stereocenters. The number of fused-ring (bicyclic) bond motifs is 5. The van der Waals surface area contributed by atoms with Gasteiger partial charge in [-0.2, -0.15) is 0 Å². The molecule has 0 radical (unpaired) electrons. The lowest BCUT2D eigenvalue weighted by Crippen LogP contribution is -2.64. The van der Waals surface area contributed by atoms with Crippen molar-refractivity contribution in [3.05, 3.63) is 11.6 Å². The van der Waals surface area contributed by atoms with Crippen LogP contribution in [0, 0.1) is 28.6 Å². The Balaban J connectivity index is 0.990. The maximum atomic E-state index is 12.7. The smallest absolute Gasteiger partial charge is 0.187 e. The summed E-state index contributed by atoms with van der Waals surface area (Å²) in [5, 5.41) is 106. The summed E-state index contributed by atoms with van der Waals surface area (Å²) in [6, 6.07) is 0. The van der Waals surface area contributed by atoms with Crippen molar-refractivity contribution in [1.29, 1.82) is 0 Å². The first-order chi connectivity index (χ1) is 26.9. The van der Waals surface area contributed by atoms with Crippen LogP contribution in [0.3, 0.4) is 0 Å². The van der Waals surface area contributed by atoms with Gasteiger partial charge >= 0.3 is 0 Å². The average molecular weight is 819 g/mol. The van der Waals surface area contributed by atoms with Crippen LogP contribution in [0.1, 0.15) is 79.1 Å². The molecule has 7 aliphatic rings. The molecule has 7 rings (SSSR count). The Bertz CT molecular complexity index is 1420. The minimum Gasteiger partial charge on any atom is -0.394 e. The van der Waals surface area contributed by atoms with E-state index in [4.69, 9.17) is 33.2 Å². The Morgan fingerprint density at radius 1 is 0.719 bits per heavy atom. The molecule has 4 aliphatic carbocycles. The molecule has 10 N–H and O–H groups in total. The number of aliphatic hydroxyl groups excluding tert-OH is 9. The highest BCUT2D eigenvalue weighted by Gasteiger charge is 2.67. The van der Waals surface area contributed by atoms with Gasteiger partial charge in [0.1, 0.15) is 67.1 Å². The van der Waals surface area contributed by atoms with E-state index in [9.17, 15) is 51.1 Å². The molecule has 3 saturated heterocycles. The van der Waals surface area contributed by atoms with Gasteiger partial charge in [-0.3, -0.25) is 0 Å². The molecule has 0 unspecified atom stereocenters. The fraction of sp³-hybridized carbons (Fsp3) is 0.950. The lowest BCUT2D eigenvalue weighted by molar-refractivity contribution is -0.361. The third kappa shape index (κ3) is 7.37. The highest BCUT2D eigenvalue weighted by atomic mass is 16.7. The molecule has 3 aliphatic heterocycles. The number of hydrogen-bond donors (Lipinski definition) is 10. The van der Waals surface area contributed by atoms with E-state index in [1.54, 1.807) is 6.92 Å². The van der Waals surface area contributed by atoms with Gasteiger partial charge in [-0.05, 0) is 88.4 Å². The molecule has 17 heteroatoms. The SMILES string of the molecule is CO[C@@H]1[C@@H](O)[C@H](O[C@H]2CC[C@@]3(C)C(=CC[C@@H]4[C@@H]3CC[C@]3(C)[C@@H]([C@@H](C)O[C@@H]5O[C@H](CO)[C@@H](O)[C@H](O)[C@H]5O)CC[C@]43O)C2)O[C@H](C)[C@@H]1O[C@@H]1O[C@H](CO)[C@@H](O)[C@H](O)[C@H]1O. The molecule has 6 fully saturated rings. The van der Waals surface area contributed by atoms with Crippen LogP contribution in [0.4, 0.5) is 0 Å². The zero-order chi connectivity index (χ0) is 41.4. The molecule has 0 aromatic rings. The zero-order valence-corrected chi connectivity index (χ0v) is 33.5. The van der Waals surface area contributed by atoms with Crippen LogP contribution in [0.15, 0.2) is 11.6 Å². The van der Waals surface area contributed by atoms with Crippen LogP contribution in [-0.4, -0.2) is 181 Å². The van der Waals surface area contributed by atoms with Gasteiger partial charge in [0.15, 0.2) is 18.9 Å². The second kappa shape index (κ2) is 16.7. The van der Waals surface area contributed by atoms with Crippen LogP contribution in [0.2, 0.25) is 0 Å². The summed E-state index contributed by atoms with van der Waals surface area (Å²) in [6.45, 7) is 6.89. The number of methoxy groups -OCH3 is 1. The standard InChI is InChI=1S/C40H66O17/c1-17(52-35-30(47)28(45)26(43)24(15-41)55-35)21-10-13-40(50)23-7-6-19-14-20(8-11-38(19,3)22(23)9-12-39(21,40)4)54-37-32(49)34(51-5)33(18(2)53-37)57-36-31(48)29(46)27(44)25(16-42)56-36/h6,17-18,20-37,41-50H,7-16H2,1-5H3/t17-,18-,20+,21-,22+,23-,24-,25-,26-,27-,28+,29+,30-,31-,32-,33+,34-,35-,36+,37+,38+,39-,40+/m1/s1. The van der Waals surface area contributed by atoms with E-state index >= 15 is 0 Å². The summed E-state index contributed by atoms with van der Waals surface area (Å²) in [4.78, 5) is 0. The van der Waals surface area contributed by atoms with Gasteiger partial charge in [0.25, 0.3) is 0 Å². The van der Waals surface area contributed by atoms with E-state index in [-0.39, 0.29) is 29.3 Å². The van der Waals surface area contributed by atoms with Crippen molar-refractivity contribution in [3.63, 3.8) is 0 Å². The van der Waals surface area contributed by atoms with Crippen LogP contribution in [-0.2, 0) is 33.2 Å². The number of aliphatic hydroxyl groups is 10. The molecule has 3 saturated carbocycles. The Kier molecular flexibility index (Phi) is 13.0. The highest BCUT2D eigenvalue weighted by molar-refractivity contribution is 5.28. The Hall–Kier alpha value is -0.940. The highest BCUT2D eigenvalue weighted by Crippen LogP contribution is 2.68. The Labute approximate surface area is 333 Å². The van der Waals surface area contributed by atoms with Crippen LogP contribution in [0.5, 0.6) is 0 Å². The molecule has 328 valence electrons. The normalized spacial score (nSPS) is 54.6. The molecule has 0 aromatic carbocycles. The van der Waals surface area contributed by atoms with Crippen LogP contribution in [0.25, 0.3) is 0 Å². The predicted molar refractivity (Wildman–Crippen MR) is 196 cm³/mol. The van der Waals surface area contributed by atoms with Crippen molar-refractivity contribution in [2.45, 2.75) is 189 Å². The van der Waals surface area contributed by atoms with Gasteiger partial charge in [-0.25, -0.2) is 0 Å². The van der Waals surface area contributed by atoms with E-state index in [1.807, 2.05) is 6.92 Å². The minimum atomic E-state index is -1.63. The largest absolute Gasteiger partial charge is 0.394 e. The van der Waals surface area contributed by atoms with Crippen molar-refractivity contribution in [2.75, 3.05) is 20.3 Å². The molecular weight excluding hydrogens is 752 g/mol. The first kappa shape index (κ1) is 44.1. The molecule has 0 spiro atoms. The van der Waals surface area contributed by atoms with Gasteiger partial charge in [0, 0.05) is 12.5 Å². The predicted octanol–water partition coefficient (Wildman–Crippen LogP) is -1.42. The van der Waals surface area contributed by atoms with E-state index in [2.05, 4.69) is 19.9 Å². The van der Waals surface area contributed by atoms with Crippen molar-refractivity contribution in [2.24, 2.45) is 28.6 Å². The summed E-state index contributed by atoms with van der Waals surface area (Å²) < 4.78 is 41.7. The summed E-state index contributed by atoms with van der Waals surface area (Å²) in [5.41, 5.74) is -0.357. The fourth-order valence-corrected chi connectivity index (χ4v) is 12.1. The van der Waals surface area contributed by atoms with Gasteiger partial charge in [-0.15, -0.1) is 0 Å². The number of allylic oxidation sites excluding steroid dienone is 1. The average Bonchev–Trinajstić information content (AvgIpc) is 3.47. The lowest BCUT2D eigenvalue weighted by atomic mass is 9.45. The second-order valence-corrected chi connectivity index (χ2v) is 18.4. The molecule has 0 bridgehead atoms. The third-order valence-corrected chi connectivity index (χ3v) is 15.6. The molecular formula is C40H66O17. The van der Waals surface area contributed by atoms with Crippen LogP contribution < -0.4 is 0 Å². The maximum absolute atomic E-state index is 12.7. The van der Waals surface area contributed by atoms with Gasteiger partial charge in [0.05, 0.1) is 37.1 Å². The summed E-state index contributed by atoms with van der Waals surface area (Å²) in [7, 11) is 1.41. The lowest BCUT2D eigenvalue weighted by Gasteiger charge is -2.61. The zero-order valence-electron chi connectivity index (χ0n) is 33.5. The summed E-state index contributed by atoms with van der Waals surface area (Å²) >= 11 is 0. The van der Waals surface area contributed by atoms with Crippen molar-refractivity contribution in [3.8, 4) is 0 Å². The summed E-state index contributed by atoms with van der Waals surface area (Å²) in [6.07, 6.45) is -11.8. The van der Waals surface area contributed by atoms with E-state index in [0.29, 0.717) is 32.1 Å². The van der Waals surface area contributed by atoms with Gasteiger partial charge in [-0.1, -0.05) is 25.5 Å². The van der Waals surface area contributed by atoms with Crippen molar-refractivity contribution < 1.29 is 84.2 Å². The molecule has 3 heterocycles. The van der Waals surface area contributed by atoms with Crippen molar-refractivity contribution in [1.82, 2.24) is 0 Å². The van der Waals surface area contributed by atoms with E-state index < -0.39 is 122 Å². The monoisotopic (exact) mass is 818 g/mol. The third-order valence-electron chi connectivity index (χ3n) is 15.6. The Morgan fingerprint density at radius 2 is 1.33 bits per heavy atom. The second-order valence-electron chi connectivity index (χ2n) is 18.4. The quantitative estimate of drug-likeness (QED) is 0.113. The van der Waals surface area contributed by atoms with Gasteiger partial charge in [0.2, 0.25) is 0 Å². The summed E-state index contributed by atoms with van der Waals surface area (Å²) in [5.74, 6) is 0.173. The number of rotatable bonds is 10. The molecule has 0 aromatic heterocycles. The van der Waals surface area contributed by atoms with E-state index in [1.165, 1.54) is 12.7 Å². The number of ether oxygens (including phenoxy) is 7. The van der Waals surface area contributed by atoms with Crippen LogP contribution >= 0.6 is 0 Å². The molecule has 17 nitrogen and oxygen atoms in total. The first-order valence-electron chi connectivity index (χ1n) is 20.8. The maximum Gasteiger partial charge on any atom is 0.187 e. The topological polar surface area (TPSA) is 267 Å². The fourth-order valence-electron chi connectivity index (χ4n) is 12.1. The first-order valence-corrected chi connectivity index (χ1v) is 20.8. The number of hydrogen-bond acceptors (Lipinski definition) is 17. The minimum absolute atomic E-state index is 0.0133.